The Bertz CT molecular complexity index is 553. The molecular formula is C15H19N5. The molecule has 0 radical (unpaired) electrons. The average Bonchev–Trinajstić information content (AvgIpc) is 3.31. The van der Waals surface area contributed by atoms with Crippen LogP contribution in [0.25, 0.3) is 0 Å². The van der Waals surface area contributed by atoms with Gasteiger partial charge in [0.05, 0.1) is 11.9 Å². The molecule has 3 rings (SSSR count). The van der Waals surface area contributed by atoms with E-state index >= 15 is 0 Å². The minimum atomic E-state index is 0.690. The van der Waals surface area contributed by atoms with Gasteiger partial charge in [-0.25, -0.2) is 4.98 Å². The summed E-state index contributed by atoms with van der Waals surface area (Å²) in [5.41, 5.74) is 2.21. The van der Waals surface area contributed by atoms with Crippen LogP contribution in [0.4, 0.5) is 5.82 Å². The monoisotopic (exact) mass is 269 g/mol. The average molecular weight is 269 g/mol. The van der Waals surface area contributed by atoms with E-state index in [9.17, 15) is 0 Å². The minimum Gasteiger partial charge on any atom is -0.354 e. The van der Waals surface area contributed by atoms with Crippen LogP contribution in [0.5, 0.6) is 0 Å². The number of hydrogen-bond donors (Lipinski definition) is 1. The second-order valence-electron chi connectivity index (χ2n) is 5.24. The molecule has 0 saturated heterocycles. The molecule has 0 aromatic carbocycles. The van der Waals surface area contributed by atoms with Crippen molar-refractivity contribution >= 4 is 5.82 Å². The lowest BCUT2D eigenvalue weighted by Gasteiger charge is -2.18. The maximum absolute atomic E-state index is 4.65. The smallest absolute Gasteiger partial charge is 0.147 e. The summed E-state index contributed by atoms with van der Waals surface area (Å²) in [6.07, 6.45) is 9.83. The molecule has 0 amide bonds. The van der Waals surface area contributed by atoms with Crippen molar-refractivity contribution in [1.29, 1.82) is 0 Å². The highest BCUT2D eigenvalue weighted by Gasteiger charge is 2.20. The van der Waals surface area contributed by atoms with E-state index in [-0.39, 0.29) is 0 Å². The zero-order chi connectivity index (χ0) is 13.8. The van der Waals surface area contributed by atoms with Gasteiger partial charge in [-0.15, -0.1) is 0 Å². The molecule has 2 aromatic heterocycles. The zero-order valence-electron chi connectivity index (χ0n) is 11.7. The van der Waals surface area contributed by atoms with E-state index < -0.39 is 0 Å². The topological polar surface area (TPSA) is 53.9 Å². The first kappa shape index (κ1) is 13.0. The Morgan fingerprint density at radius 2 is 2.00 bits per heavy atom. The van der Waals surface area contributed by atoms with Crippen molar-refractivity contribution < 1.29 is 0 Å². The lowest BCUT2D eigenvalue weighted by molar-refractivity contribution is 0.670. The van der Waals surface area contributed by atoms with Gasteiger partial charge in [0.1, 0.15) is 5.82 Å². The van der Waals surface area contributed by atoms with Crippen molar-refractivity contribution in [1.82, 2.24) is 20.3 Å². The Labute approximate surface area is 119 Å². The summed E-state index contributed by atoms with van der Waals surface area (Å²) in [6.45, 7) is 1.60. The van der Waals surface area contributed by atoms with Crippen molar-refractivity contribution in [3.63, 3.8) is 0 Å². The lowest BCUT2D eigenvalue weighted by atomic mass is 10.2. The normalized spacial score (nSPS) is 14.2. The molecule has 1 saturated carbocycles. The van der Waals surface area contributed by atoms with Gasteiger partial charge >= 0.3 is 0 Å². The maximum atomic E-state index is 4.65. The fourth-order valence-corrected chi connectivity index (χ4v) is 2.04. The zero-order valence-corrected chi connectivity index (χ0v) is 11.7. The Morgan fingerprint density at radius 3 is 2.75 bits per heavy atom. The minimum absolute atomic E-state index is 0.690. The van der Waals surface area contributed by atoms with E-state index in [0.29, 0.717) is 6.04 Å². The van der Waals surface area contributed by atoms with Crippen LogP contribution >= 0.6 is 0 Å². The van der Waals surface area contributed by atoms with Crippen LogP contribution in [0.2, 0.25) is 0 Å². The predicted molar refractivity (Wildman–Crippen MR) is 78.2 cm³/mol. The Kier molecular flexibility index (Phi) is 3.87. The van der Waals surface area contributed by atoms with Gasteiger partial charge in [-0.05, 0) is 30.5 Å². The van der Waals surface area contributed by atoms with Crippen molar-refractivity contribution in [2.75, 3.05) is 11.9 Å². The molecule has 1 N–H and O–H groups in total. The molecule has 0 bridgehead atoms. The van der Waals surface area contributed by atoms with Crippen LogP contribution < -0.4 is 10.2 Å². The Morgan fingerprint density at radius 1 is 1.20 bits per heavy atom. The van der Waals surface area contributed by atoms with Crippen LogP contribution in [0, 0.1) is 0 Å². The van der Waals surface area contributed by atoms with Crippen LogP contribution in [0.15, 0.2) is 36.9 Å². The second kappa shape index (κ2) is 5.96. The van der Waals surface area contributed by atoms with Crippen LogP contribution in [0.1, 0.15) is 24.1 Å². The third-order valence-electron chi connectivity index (χ3n) is 3.38. The summed E-state index contributed by atoms with van der Waals surface area (Å²) >= 11 is 0. The highest BCUT2D eigenvalue weighted by atomic mass is 15.2. The standard InChI is InChI=1S/C15H19N5/c1-20(11-12-4-6-16-7-5-12)15-10-17-8-14(19-15)9-18-13-2-3-13/h4-8,10,13,18H,2-3,9,11H2,1H3. The van der Waals surface area contributed by atoms with Gasteiger partial charge in [-0.3, -0.25) is 9.97 Å². The van der Waals surface area contributed by atoms with Crippen LogP contribution in [0.3, 0.4) is 0 Å². The van der Waals surface area contributed by atoms with Crippen LogP contribution in [-0.2, 0) is 13.1 Å². The van der Waals surface area contributed by atoms with Gasteiger partial charge in [0.15, 0.2) is 0 Å². The summed E-state index contributed by atoms with van der Waals surface area (Å²) in [4.78, 5) is 15.1. The van der Waals surface area contributed by atoms with Gasteiger partial charge in [0.25, 0.3) is 0 Å². The number of rotatable bonds is 6. The third-order valence-corrected chi connectivity index (χ3v) is 3.38. The molecule has 0 spiro atoms. The SMILES string of the molecule is CN(Cc1ccncc1)c1cncc(CNC2CC2)n1. The maximum Gasteiger partial charge on any atom is 0.147 e. The Balaban J connectivity index is 1.64. The van der Waals surface area contributed by atoms with Crippen molar-refractivity contribution in [2.24, 2.45) is 0 Å². The number of hydrogen-bond acceptors (Lipinski definition) is 5. The number of nitrogens with one attached hydrogen (secondary N) is 1. The van der Waals surface area contributed by atoms with Gasteiger partial charge in [0, 0.05) is 44.8 Å². The number of pyridine rings is 1. The van der Waals surface area contributed by atoms with Crippen molar-refractivity contribution in [3.05, 3.63) is 48.2 Å². The van der Waals surface area contributed by atoms with E-state index in [1.165, 1.54) is 18.4 Å². The summed E-state index contributed by atoms with van der Waals surface area (Å²) in [6, 6.07) is 4.72. The molecule has 1 aliphatic carbocycles. The number of aromatic nitrogens is 3. The molecule has 104 valence electrons. The summed E-state index contributed by atoms with van der Waals surface area (Å²) in [7, 11) is 2.03. The fourth-order valence-electron chi connectivity index (χ4n) is 2.04. The quantitative estimate of drug-likeness (QED) is 0.866. The first-order chi connectivity index (χ1) is 9.81. The first-order valence-corrected chi connectivity index (χ1v) is 6.95. The molecule has 2 aromatic rings. The molecule has 0 atom stereocenters. The molecule has 0 aliphatic heterocycles. The van der Waals surface area contributed by atoms with Gasteiger partial charge in [0.2, 0.25) is 0 Å². The van der Waals surface area contributed by atoms with Gasteiger partial charge < -0.3 is 10.2 Å². The van der Waals surface area contributed by atoms with Gasteiger partial charge in [-0.1, -0.05) is 0 Å². The largest absolute Gasteiger partial charge is 0.354 e. The summed E-state index contributed by atoms with van der Waals surface area (Å²) < 4.78 is 0. The molecule has 5 heteroatoms. The number of nitrogens with zero attached hydrogens (tertiary/aromatic N) is 4. The Hall–Kier alpha value is -2.01. The molecule has 20 heavy (non-hydrogen) atoms. The molecule has 0 unspecified atom stereocenters. The van der Waals surface area contributed by atoms with Gasteiger partial charge in [-0.2, -0.15) is 0 Å². The highest BCUT2D eigenvalue weighted by molar-refractivity contribution is 5.36. The van der Waals surface area contributed by atoms with Crippen molar-refractivity contribution in [3.8, 4) is 0 Å². The predicted octanol–water partition coefficient (Wildman–Crippen LogP) is 1.76. The second-order valence-corrected chi connectivity index (χ2v) is 5.24. The van der Waals surface area contributed by atoms with E-state index in [4.69, 9.17) is 0 Å². The lowest BCUT2D eigenvalue weighted by Crippen LogP contribution is -2.20. The van der Waals surface area contributed by atoms with E-state index in [1.54, 1.807) is 0 Å². The summed E-state index contributed by atoms with van der Waals surface area (Å²) in [5.74, 6) is 0.900. The highest BCUT2D eigenvalue weighted by Crippen LogP contribution is 2.19. The molecule has 5 nitrogen and oxygen atoms in total. The van der Waals surface area contributed by atoms with E-state index in [1.807, 2.05) is 44.0 Å². The molecule has 1 fully saturated rings. The third kappa shape index (κ3) is 3.51. The first-order valence-electron chi connectivity index (χ1n) is 6.95. The van der Waals surface area contributed by atoms with E-state index in [2.05, 4.69) is 25.2 Å². The molecule has 1 aliphatic rings. The summed E-state index contributed by atoms with van der Waals surface area (Å²) in [5, 5.41) is 3.46. The molecule has 2 heterocycles. The number of anilines is 1. The van der Waals surface area contributed by atoms with Crippen molar-refractivity contribution in [2.45, 2.75) is 32.0 Å². The van der Waals surface area contributed by atoms with Crippen LogP contribution in [-0.4, -0.2) is 28.0 Å². The van der Waals surface area contributed by atoms with E-state index in [0.717, 1.165) is 24.6 Å². The molecular weight excluding hydrogens is 250 g/mol. The fraction of sp³-hybridized carbons (Fsp3) is 0.400.